The summed E-state index contributed by atoms with van der Waals surface area (Å²) in [5.41, 5.74) is 7.05. The van der Waals surface area contributed by atoms with Crippen LogP contribution < -0.4 is 11.1 Å². The first-order valence-corrected chi connectivity index (χ1v) is 5.94. The summed E-state index contributed by atoms with van der Waals surface area (Å²) in [7, 11) is 0. The molecule has 0 fully saturated rings. The van der Waals surface area contributed by atoms with Crippen molar-refractivity contribution in [2.24, 2.45) is 0 Å². The number of hydrogen-bond donors (Lipinski definition) is 2. The number of anilines is 2. The Labute approximate surface area is 92.6 Å². The van der Waals surface area contributed by atoms with Gasteiger partial charge >= 0.3 is 0 Å². The van der Waals surface area contributed by atoms with Crippen LogP contribution in [0, 0.1) is 6.92 Å². The predicted octanol–water partition coefficient (Wildman–Crippen LogP) is 1.80. The lowest BCUT2D eigenvalue weighted by Crippen LogP contribution is -2.10. The number of halogens is 1. The van der Waals surface area contributed by atoms with E-state index in [-0.39, 0.29) is 5.28 Å². The van der Waals surface area contributed by atoms with Gasteiger partial charge < -0.3 is 11.1 Å². The molecular formula is C8H13ClN4S. The maximum absolute atomic E-state index is 5.78. The third kappa shape index (κ3) is 2.92. The van der Waals surface area contributed by atoms with Crippen molar-refractivity contribution in [2.45, 2.75) is 6.92 Å². The van der Waals surface area contributed by atoms with E-state index in [0.717, 1.165) is 12.3 Å². The Bertz CT molecular complexity index is 318. The van der Waals surface area contributed by atoms with Crippen molar-refractivity contribution in [3.05, 3.63) is 11.0 Å². The Morgan fingerprint density at radius 1 is 1.50 bits per heavy atom. The summed E-state index contributed by atoms with van der Waals surface area (Å²) in [5, 5.41) is 3.34. The van der Waals surface area contributed by atoms with Gasteiger partial charge in [0.05, 0.1) is 11.4 Å². The second-order valence-electron chi connectivity index (χ2n) is 2.76. The second kappa shape index (κ2) is 5.26. The van der Waals surface area contributed by atoms with Crippen LogP contribution >= 0.6 is 23.4 Å². The molecule has 1 aromatic heterocycles. The summed E-state index contributed by atoms with van der Waals surface area (Å²) < 4.78 is 0. The van der Waals surface area contributed by atoms with E-state index >= 15 is 0 Å². The van der Waals surface area contributed by atoms with Crippen LogP contribution in [0.2, 0.25) is 5.28 Å². The minimum Gasteiger partial charge on any atom is -0.394 e. The van der Waals surface area contributed by atoms with Crippen LogP contribution in [0.15, 0.2) is 0 Å². The summed E-state index contributed by atoms with van der Waals surface area (Å²) in [6.45, 7) is 2.63. The van der Waals surface area contributed by atoms with Crippen molar-refractivity contribution < 1.29 is 0 Å². The first-order chi connectivity index (χ1) is 6.65. The molecule has 14 heavy (non-hydrogen) atoms. The number of nitrogens with zero attached hydrogens (tertiary/aromatic N) is 2. The van der Waals surface area contributed by atoms with E-state index in [1.54, 1.807) is 11.8 Å². The summed E-state index contributed by atoms with van der Waals surface area (Å²) in [6, 6.07) is 0. The maximum atomic E-state index is 5.78. The van der Waals surface area contributed by atoms with Gasteiger partial charge in [-0.3, -0.25) is 0 Å². The number of thioether (sulfide) groups is 1. The zero-order chi connectivity index (χ0) is 10.6. The molecule has 0 aliphatic heterocycles. The van der Waals surface area contributed by atoms with Crippen LogP contribution in [-0.2, 0) is 0 Å². The molecule has 1 aromatic rings. The molecule has 6 heteroatoms. The van der Waals surface area contributed by atoms with Gasteiger partial charge in [0.2, 0.25) is 5.28 Å². The molecule has 1 heterocycles. The Hall–Kier alpha value is -0.680. The fraction of sp³-hybridized carbons (Fsp3) is 0.500. The van der Waals surface area contributed by atoms with Crippen molar-refractivity contribution >= 4 is 34.9 Å². The van der Waals surface area contributed by atoms with Gasteiger partial charge in [-0.05, 0) is 24.8 Å². The van der Waals surface area contributed by atoms with E-state index in [1.165, 1.54) is 0 Å². The van der Waals surface area contributed by atoms with Crippen LogP contribution in [0.4, 0.5) is 11.5 Å². The predicted molar refractivity (Wildman–Crippen MR) is 63.1 cm³/mol. The molecular weight excluding hydrogens is 220 g/mol. The van der Waals surface area contributed by atoms with Gasteiger partial charge in [0, 0.05) is 12.3 Å². The number of aryl methyl sites for hydroxylation is 1. The molecule has 0 amide bonds. The average Bonchev–Trinajstić information content (AvgIpc) is 2.13. The van der Waals surface area contributed by atoms with E-state index in [4.69, 9.17) is 17.3 Å². The fourth-order valence-corrected chi connectivity index (χ4v) is 1.47. The van der Waals surface area contributed by atoms with Crippen LogP contribution in [0.1, 0.15) is 5.69 Å². The molecule has 78 valence electrons. The molecule has 0 radical (unpaired) electrons. The smallest absolute Gasteiger partial charge is 0.224 e. The van der Waals surface area contributed by atoms with Gasteiger partial charge in [0.15, 0.2) is 5.82 Å². The summed E-state index contributed by atoms with van der Waals surface area (Å²) >= 11 is 7.47. The highest BCUT2D eigenvalue weighted by Gasteiger charge is 2.06. The first kappa shape index (κ1) is 11.4. The number of nitrogens with two attached hydrogens (primary N) is 1. The van der Waals surface area contributed by atoms with E-state index in [9.17, 15) is 0 Å². The Balaban J connectivity index is 2.75. The van der Waals surface area contributed by atoms with Crippen molar-refractivity contribution in [1.82, 2.24) is 9.97 Å². The van der Waals surface area contributed by atoms with Crippen LogP contribution in [0.5, 0.6) is 0 Å². The zero-order valence-corrected chi connectivity index (χ0v) is 9.74. The average molecular weight is 233 g/mol. The molecule has 0 unspecified atom stereocenters. The van der Waals surface area contributed by atoms with Crippen molar-refractivity contribution in [1.29, 1.82) is 0 Å². The normalized spacial score (nSPS) is 10.2. The van der Waals surface area contributed by atoms with Gasteiger partial charge in [-0.25, -0.2) is 4.98 Å². The molecule has 0 aliphatic rings. The molecule has 0 aromatic carbocycles. The van der Waals surface area contributed by atoms with E-state index < -0.39 is 0 Å². The number of nitrogens with one attached hydrogen (secondary N) is 1. The van der Waals surface area contributed by atoms with Gasteiger partial charge in [0.1, 0.15) is 0 Å². The SMILES string of the molecule is CSCCNc1nc(Cl)nc(C)c1N. The summed E-state index contributed by atoms with van der Waals surface area (Å²) in [5.74, 6) is 1.62. The lowest BCUT2D eigenvalue weighted by molar-refractivity contribution is 1.08. The second-order valence-corrected chi connectivity index (χ2v) is 4.08. The molecule has 0 saturated carbocycles. The molecule has 0 saturated heterocycles. The van der Waals surface area contributed by atoms with Gasteiger partial charge in [-0.15, -0.1) is 0 Å². The van der Waals surface area contributed by atoms with Crippen molar-refractivity contribution in [3.63, 3.8) is 0 Å². The minimum atomic E-state index is 0.225. The topological polar surface area (TPSA) is 63.8 Å². The molecule has 0 atom stereocenters. The first-order valence-electron chi connectivity index (χ1n) is 4.17. The highest BCUT2D eigenvalue weighted by Crippen LogP contribution is 2.20. The zero-order valence-electron chi connectivity index (χ0n) is 8.17. The Kier molecular flexibility index (Phi) is 4.28. The number of aromatic nitrogens is 2. The van der Waals surface area contributed by atoms with Crippen LogP contribution in [0.3, 0.4) is 0 Å². The Morgan fingerprint density at radius 3 is 2.86 bits per heavy atom. The number of rotatable bonds is 4. The third-order valence-electron chi connectivity index (χ3n) is 1.71. The van der Waals surface area contributed by atoms with E-state index in [1.807, 2.05) is 13.2 Å². The number of nitrogen functional groups attached to an aromatic ring is 1. The molecule has 4 nitrogen and oxygen atoms in total. The molecule has 0 bridgehead atoms. The van der Waals surface area contributed by atoms with E-state index in [2.05, 4.69) is 15.3 Å². The minimum absolute atomic E-state index is 0.225. The highest BCUT2D eigenvalue weighted by atomic mass is 35.5. The number of hydrogen-bond acceptors (Lipinski definition) is 5. The largest absolute Gasteiger partial charge is 0.394 e. The standard InChI is InChI=1S/C8H13ClN4S/c1-5-6(10)7(11-3-4-14-2)13-8(9)12-5/h3-4,10H2,1-2H3,(H,11,12,13). The Morgan fingerprint density at radius 2 is 2.21 bits per heavy atom. The van der Waals surface area contributed by atoms with Gasteiger partial charge in [-0.2, -0.15) is 16.7 Å². The quantitative estimate of drug-likeness (QED) is 0.612. The summed E-state index contributed by atoms with van der Waals surface area (Å²) in [6.07, 6.45) is 2.04. The van der Waals surface area contributed by atoms with Crippen molar-refractivity contribution in [3.8, 4) is 0 Å². The molecule has 1 rings (SSSR count). The van der Waals surface area contributed by atoms with Crippen LogP contribution in [0.25, 0.3) is 0 Å². The van der Waals surface area contributed by atoms with Crippen LogP contribution in [-0.4, -0.2) is 28.5 Å². The maximum Gasteiger partial charge on any atom is 0.224 e. The lowest BCUT2D eigenvalue weighted by atomic mass is 10.3. The third-order valence-corrected chi connectivity index (χ3v) is 2.49. The highest BCUT2D eigenvalue weighted by molar-refractivity contribution is 7.98. The van der Waals surface area contributed by atoms with Crippen molar-refractivity contribution in [2.75, 3.05) is 29.6 Å². The monoisotopic (exact) mass is 232 g/mol. The molecule has 0 aliphatic carbocycles. The molecule has 3 N–H and O–H groups in total. The van der Waals surface area contributed by atoms with E-state index in [0.29, 0.717) is 17.2 Å². The summed E-state index contributed by atoms with van der Waals surface area (Å²) in [4.78, 5) is 7.96. The van der Waals surface area contributed by atoms with Gasteiger partial charge in [-0.1, -0.05) is 0 Å². The fourth-order valence-electron chi connectivity index (χ4n) is 0.954. The lowest BCUT2D eigenvalue weighted by Gasteiger charge is -2.09. The molecule has 0 spiro atoms. The van der Waals surface area contributed by atoms with Gasteiger partial charge in [0.25, 0.3) is 0 Å².